The van der Waals surface area contributed by atoms with Gasteiger partial charge in [0, 0.05) is 76.5 Å². The molecule has 0 bridgehead atoms. The van der Waals surface area contributed by atoms with Crippen LogP contribution in [0.3, 0.4) is 0 Å². The Bertz CT molecular complexity index is 2750. The second-order valence-electron chi connectivity index (χ2n) is 15.9. The van der Waals surface area contributed by atoms with Gasteiger partial charge in [-0.3, -0.25) is 39.0 Å². The fourth-order valence-corrected chi connectivity index (χ4v) is 8.59. The molecule has 6 amide bonds. The highest BCUT2D eigenvalue weighted by atomic mass is 35.5. The van der Waals surface area contributed by atoms with E-state index in [9.17, 15) is 33.9 Å². The number of anilines is 2. The number of fused-ring (bicyclic) bond motifs is 3. The molecule has 5 aromatic rings. The lowest BCUT2D eigenvalue weighted by molar-refractivity contribution is -0.136. The van der Waals surface area contributed by atoms with E-state index in [1.807, 2.05) is 36.1 Å². The molecule has 0 saturated carbocycles. The fourth-order valence-electron chi connectivity index (χ4n) is 8.30. The highest BCUT2D eigenvalue weighted by Gasteiger charge is 2.44. The average Bonchev–Trinajstić information content (AvgIpc) is 3.54. The minimum absolute atomic E-state index is 0.00264. The number of nitrogens with one attached hydrogen (secondary N) is 2. The molecule has 4 heterocycles. The Kier molecular flexibility index (Phi) is 13.1. The van der Waals surface area contributed by atoms with Gasteiger partial charge in [0.05, 0.1) is 29.4 Å². The number of amides is 6. The quantitative estimate of drug-likeness (QED) is 0.0959. The molecule has 3 aliphatic rings. The maximum Gasteiger partial charge on any atom is 0.262 e. The van der Waals surface area contributed by atoms with E-state index in [0.29, 0.717) is 65.9 Å². The molecule has 65 heavy (non-hydrogen) atoms. The number of halogens is 2. The molecule has 2 fully saturated rings. The molecule has 0 radical (unpaired) electrons. The number of ether oxygens (including phenoxy) is 2. The molecule has 1 unspecified atom stereocenters. The SMILES string of the molecule is CCC(=O)N1CCN(c2nc(NCCC(=O)N(C)CCOCCOc3ccc4c(c3)C(=O)N(C3CCC(=O)NC3=O)C4=O)nc3c(F)c(-c4cc(O)cc5ccccc45)c(Cl)cc23)CC1. The average molecular weight is 909 g/mol. The standard InChI is InChI=1S/C46H46ClFN8O9/c1-3-37(59)54-14-16-55(17-15-54)42-33-25-34(47)39(31-23-27(57)22-26-6-4-5-7-29(26)31)40(48)41(33)51-46(52-42)49-13-12-38(60)53(2)18-19-64-20-21-65-28-8-9-30-32(24-28)45(63)56(44(30)62)35-10-11-36(58)50-43(35)61/h4-9,22-25,35,57H,3,10-21H2,1-2H3,(H,49,51,52)(H,50,58,61). The summed E-state index contributed by atoms with van der Waals surface area (Å²) in [7, 11) is 1.64. The van der Waals surface area contributed by atoms with Crippen molar-refractivity contribution >= 4 is 80.5 Å². The van der Waals surface area contributed by atoms with Gasteiger partial charge in [-0.05, 0) is 59.2 Å². The van der Waals surface area contributed by atoms with E-state index in [2.05, 4.69) is 15.6 Å². The Morgan fingerprint density at radius 2 is 1.71 bits per heavy atom. The van der Waals surface area contributed by atoms with Crippen LogP contribution < -0.4 is 20.3 Å². The molecule has 0 spiro atoms. The minimum Gasteiger partial charge on any atom is -0.508 e. The van der Waals surface area contributed by atoms with E-state index in [4.69, 9.17) is 26.1 Å². The molecule has 338 valence electrons. The number of carbonyl (C=O) groups excluding carboxylic acids is 6. The van der Waals surface area contributed by atoms with Gasteiger partial charge in [0.15, 0.2) is 5.82 Å². The number of hydrogen-bond acceptors (Lipinski definition) is 13. The number of piperidine rings is 1. The number of aromatic nitrogens is 2. The van der Waals surface area contributed by atoms with Crippen molar-refractivity contribution in [3.05, 3.63) is 82.6 Å². The number of imide groups is 2. The number of benzene rings is 4. The first-order chi connectivity index (χ1) is 31.3. The maximum atomic E-state index is 16.9. The van der Waals surface area contributed by atoms with Crippen molar-refractivity contribution in [1.82, 2.24) is 30.0 Å². The maximum absolute atomic E-state index is 16.9. The smallest absolute Gasteiger partial charge is 0.262 e. The molecule has 1 atom stereocenters. The Balaban J connectivity index is 0.875. The van der Waals surface area contributed by atoms with Gasteiger partial charge in [0.2, 0.25) is 29.6 Å². The highest BCUT2D eigenvalue weighted by molar-refractivity contribution is 6.35. The van der Waals surface area contributed by atoms with Crippen LogP contribution in [-0.4, -0.2) is 137 Å². The normalized spacial score (nSPS) is 16.3. The van der Waals surface area contributed by atoms with E-state index in [1.165, 1.54) is 23.1 Å². The number of piperazine rings is 1. The van der Waals surface area contributed by atoms with Gasteiger partial charge in [0.1, 0.15) is 35.5 Å². The molecule has 0 aliphatic carbocycles. The zero-order chi connectivity index (χ0) is 45.9. The van der Waals surface area contributed by atoms with Crippen molar-refractivity contribution in [2.24, 2.45) is 0 Å². The van der Waals surface area contributed by atoms with Gasteiger partial charge in [-0.25, -0.2) is 9.37 Å². The first-order valence-corrected chi connectivity index (χ1v) is 21.7. The summed E-state index contributed by atoms with van der Waals surface area (Å²) >= 11 is 6.86. The van der Waals surface area contributed by atoms with E-state index in [0.717, 1.165) is 4.90 Å². The van der Waals surface area contributed by atoms with Gasteiger partial charge >= 0.3 is 0 Å². The predicted octanol–water partition coefficient (Wildman–Crippen LogP) is 4.76. The molecule has 19 heteroatoms. The number of hydrogen-bond donors (Lipinski definition) is 3. The van der Waals surface area contributed by atoms with Gasteiger partial charge in [-0.1, -0.05) is 42.8 Å². The molecular formula is C46H46ClFN8O9. The lowest BCUT2D eigenvalue weighted by Gasteiger charge is -2.36. The second-order valence-corrected chi connectivity index (χ2v) is 16.3. The molecular weight excluding hydrogens is 863 g/mol. The lowest BCUT2D eigenvalue weighted by atomic mass is 9.96. The zero-order valence-electron chi connectivity index (χ0n) is 35.7. The molecule has 4 aromatic carbocycles. The summed E-state index contributed by atoms with van der Waals surface area (Å²) < 4.78 is 28.4. The Labute approximate surface area is 377 Å². The molecule has 8 rings (SSSR count). The van der Waals surface area contributed by atoms with Crippen LogP contribution in [0.25, 0.3) is 32.8 Å². The zero-order valence-corrected chi connectivity index (χ0v) is 36.5. The van der Waals surface area contributed by atoms with Crippen molar-refractivity contribution in [3.63, 3.8) is 0 Å². The summed E-state index contributed by atoms with van der Waals surface area (Å²) in [5.74, 6) is -2.45. The first kappa shape index (κ1) is 44.7. The molecule has 3 N–H and O–H groups in total. The van der Waals surface area contributed by atoms with Crippen LogP contribution in [-0.2, 0) is 23.9 Å². The van der Waals surface area contributed by atoms with E-state index in [-0.39, 0.29) is 103 Å². The number of phenolic OH excluding ortho intramolecular Hbond substituents is 1. The first-order valence-electron chi connectivity index (χ1n) is 21.3. The lowest BCUT2D eigenvalue weighted by Crippen LogP contribution is -2.54. The van der Waals surface area contributed by atoms with Crippen LogP contribution in [0, 0.1) is 5.82 Å². The number of carbonyl (C=O) groups is 6. The summed E-state index contributed by atoms with van der Waals surface area (Å²) in [5, 5.41) is 17.7. The third kappa shape index (κ3) is 9.22. The number of aromatic hydroxyl groups is 1. The van der Waals surface area contributed by atoms with Gasteiger partial charge in [-0.2, -0.15) is 4.98 Å². The second kappa shape index (κ2) is 19.0. The van der Waals surface area contributed by atoms with Crippen LogP contribution in [0.2, 0.25) is 5.02 Å². The monoisotopic (exact) mass is 908 g/mol. The summed E-state index contributed by atoms with van der Waals surface area (Å²) in [5.41, 5.74) is 0.712. The summed E-state index contributed by atoms with van der Waals surface area (Å²) in [6, 6.07) is 15.3. The van der Waals surface area contributed by atoms with Crippen molar-refractivity contribution in [1.29, 1.82) is 0 Å². The largest absolute Gasteiger partial charge is 0.508 e. The van der Waals surface area contributed by atoms with Crippen molar-refractivity contribution < 1.29 is 47.7 Å². The van der Waals surface area contributed by atoms with Gasteiger partial charge in [0.25, 0.3) is 11.8 Å². The summed E-state index contributed by atoms with van der Waals surface area (Å²) in [6.07, 6.45) is 0.521. The van der Waals surface area contributed by atoms with Gasteiger partial charge in [-0.15, -0.1) is 0 Å². The van der Waals surface area contributed by atoms with Gasteiger partial charge < -0.3 is 34.6 Å². The van der Waals surface area contributed by atoms with Crippen molar-refractivity contribution in [2.75, 3.05) is 76.4 Å². The van der Waals surface area contributed by atoms with Crippen LogP contribution in [0.4, 0.5) is 16.2 Å². The van der Waals surface area contributed by atoms with E-state index in [1.54, 1.807) is 30.1 Å². The third-order valence-corrected chi connectivity index (χ3v) is 12.0. The van der Waals surface area contributed by atoms with Crippen LogP contribution in [0.5, 0.6) is 11.5 Å². The topological polar surface area (TPSA) is 204 Å². The number of likely N-dealkylation sites (N-methyl/N-ethyl adjacent to an activating group) is 1. The van der Waals surface area contributed by atoms with Crippen molar-refractivity contribution in [3.8, 4) is 22.6 Å². The molecule has 2 saturated heterocycles. The van der Waals surface area contributed by atoms with Crippen molar-refractivity contribution in [2.45, 2.75) is 38.6 Å². The Morgan fingerprint density at radius 1 is 0.938 bits per heavy atom. The minimum atomic E-state index is -1.07. The molecule has 3 aliphatic heterocycles. The highest BCUT2D eigenvalue weighted by Crippen LogP contribution is 2.42. The molecule has 1 aromatic heterocycles. The summed E-state index contributed by atoms with van der Waals surface area (Å²) in [4.78, 5) is 91.1. The van der Waals surface area contributed by atoms with E-state index >= 15 is 4.39 Å². The van der Waals surface area contributed by atoms with Crippen LogP contribution >= 0.6 is 11.6 Å². The predicted molar refractivity (Wildman–Crippen MR) is 238 cm³/mol. The van der Waals surface area contributed by atoms with Crippen LogP contribution in [0.15, 0.2) is 60.7 Å². The fraction of sp³-hybridized carbons (Fsp3) is 0.348. The Hall–Kier alpha value is -6.92. The number of nitrogens with zero attached hydrogens (tertiary/aromatic N) is 6. The molecule has 17 nitrogen and oxygen atoms in total. The summed E-state index contributed by atoms with van der Waals surface area (Å²) in [6.45, 7) is 4.47. The third-order valence-electron chi connectivity index (χ3n) is 11.7. The number of rotatable bonds is 15. The number of phenols is 1. The van der Waals surface area contributed by atoms with Crippen LogP contribution in [0.1, 0.15) is 53.3 Å². The Morgan fingerprint density at radius 3 is 2.48 bits per heavy atom. The van der Waals surface area contributed by atoms with E-state index < -0.39 is 35.5 Å².